The van der Waals surface area contributed by atoms with Crippen molar-refractivity contribution in [1.82, 2.24) is 5.32 Å². The Morgan fingerprint density at radius 1 is 1.47 bits per heavy atom. The maximum absolute atomic E-state index is 13.1. The van der Waals surface area contributed by atoms with E-state index in [4.69, 9.17) is 5.26 Å². The molecule has 0 aromatic heterocycles. The molecule has 2 unspecified atom stereocenters. The molecule has 92 valence electrons. The van der Waals surface area contributed by atoms with Gasteiger partial charge in [-0.3, -0.25) is 0 Å². The normalized spacial score (nSPS) is 14.1. The van der Waals surface area contributed by atoms with E-state index in [1.54, 1.807) is 13.1 Å². The van der Waals surface area contributed by atoms with Gasteiger partial charge in [0, 0.05) is 0 Å². The van der Waals surface area contributed by atoms with Crippen LogP contribution in [-0.2, 0) is 0 Å². The third-order valence-corrected chi connectivity index (χ3v) is 2.51. The second-order valence-corrected chi connectivity index (χ2v) is 3.76. The molecule has 5 heteroatoms. The van der Waals surface area contributed by atoms with Gasteiger partial charge in [0.2, 0.25) is 0 Å². The highest BCUT2D eigenvalue weighted by molar-refractivity contribution is 5.35. The third-order valence-electron chi connectivity index (χ3n) is 2.51. The minimum atomic E-state index is -1.11. The Morgan fingerprint density at radius 3 is 2.76 bits per heavy atom. The molecule has 0 aliphatic rings. The fourth-order valence-corrected chi connectivity index (χ4v) is 1.48. The van der Waals surface area contributed by atoms with Gasteiger partial charge in [0.15, 0.2) is 0 Å². The van der Waals surface area contributed by atoms with E-state index in [0.717, 1.165) is 6.07 Å². The number of nitriles is 1. The SMILES string of the molecule is CNCCC(O)C(O)c1ccc(F)c(C#N)c1. The fourth-order valence-electron chi connectivity index (χ4n) is 1.48. The van der Waals surface area contributed by atoms with Gasteiger partial charge in [-0.2, -0.15) is 5.26 Å². The largest absolute Gasteiger partial charge is 0.390 e. The number of nitrogens with zero attached hydrogens (tertiary/aromatic N) is 1. The molecule has 1 rings (SSSR count). The van der Waals surface area contributed by atoms with Crippen molar-refractivity contribution < 1.29 is 14.6 Å². The minimum absolute atomic E-state index is 0.137. The van der Waals surface area contributed by atoms with Crippen LogP contribution in [-0.4, -0.2) is 29.9 Å². The number of hydrogen-bond donors (Lipinski definition) is 3. The summed E-state index contributed by atoms with van der Waals surface area (Å²) < 4.78 is 13.1. The fraction of sp³-hybridized carbons (Fsp3) is 0.417. The molecule has 1 aromatic carbocycles. The van der Waals surface area contributed by atoms with Crippen LogP contribution in [0.15, 0.2) is 18.2 Å². The smallest absolute Gasteiger partial charge is 0.140 e. The van der Waals surface area contributed by atoms with E-state index in [-0.39, 0.29) is 5.56 Å². The molecule has 0 aliphatic carbocycles. The summed E-state index contributed by atoms with van der Waals surface area (Å²) in [7, 11) is 1.74. The first-order chi connectivity index (χ1) is 8.10. The van der Waals surface area contributed by atoms with Crippen molar-refractivity contribution >= 4 is 0 Å². The Bertz CT molecular complexity index is 417. The molecule has 0 aliphatic heterocycles. The average molecular weight is 238 g/mol. The lowest BCUT2D eigenvalue weighted by Crippen LogP contribution is -2.23. The van der Waals surface area contributed by atoms with Crippen molar-refractivity contribution in [2.75, 3.05) is 13.6 Å². The first kappa shape index (κ1) is 13.6. The van der Waals surface area contributed by atoms with Crippen molar-refractivity contribution in [1.29, 1.82) is 5.26 Å². The summed E-state index contributed by atoms with van der Waals surface area (Å²) in [6, 6.07) is 5.42. The van der Waals surface area contributed by atoms with E-state index < -0.39 is 18.0 Å². The van der Waals surface area contributed by atoms with E-state index in [9.17, 15) is 14.6 Å². The number of nitrogens with one attached hydrogen (secondary N) is 1. The Balaban J connectivity index is 2.82. The van der Waals surface area contributed by atoms with Crippen LogP contribution in [0.25, 0.3) is 0 Å². The summed E-state index contributed by atoms with van der Waals surface area (Å²) >= 11 is 0. The zero-order chi connectivity index (χ0) is 12.8. The molecule has 0 saturated carbocycles. The first-order valence-corrected chi connectivity index (χ1v) is 5.30. The molecule has 0 spiro atoms. The maximum atomic E-state index is 13.1. The van der Waals surface area contributed by atoms with Gasteiger partial charge in [-0.15, -0.1) is 0 Å². The molecule has 3 N–H and O–H groups in total. The lowest BCUT2D eigenvalue weighted by molar-refractivity contribution is 0.0140. The van der Waals surface area contributed by atoms with Crippen molar-refractivity contribution in [3.05, 3.63) is 35.1 Å². The molecule has 4 nitrogen and oxygen atoms in total. The van der Waals surface area contributed by atoms with Crippen molar-refractivity contribution in [3.8, 4) is 6.07 Å². The van der Waals surface area contributed by atoms with Crippen LogP contribution < -0.4 is 5.32 Å². The molecule has 2 atom stereocenters. The van der Waals surface area contributed by atoms with Gasteiger partial charge in [0.25, 0.3) is 0 Å². The predicted octanol–water partition coefficient (Wildman–Crippen LogP) is 0.701. The number of benzene rings is 1. The van der Waals surface area contributed by atoms with Crippen molar-refractivity contribution in [3.63, 3.8) is 0 Å². The Labute approximate surface area is 99.3 Å². The van der Waals surface area contributed by atoms with Crippen LogP contribution in [0, 0.1) is 17.1 Å². The van der Waals surface area contributed by atoms with Crippen LogP contribution in [0.1, 0.15) is 23.7 Å². The van der Waals surface area contributed by atoms with Gasteiger partial charge in [-0.25, -0.2) is 4.39 Å². The summed E-state index contributed by atoms with van der Waals surface area (Å²) in [4.78, 5) is 0. The summed E-state index contributed by atoms with van der Waals surface area (Å²) in [5, 5.41) is 31.0. The van der Waals surface area contributed by atoms with Crippen LogP contribution in [0.2, 0.25) is 0 Å². The highest BCUT2D eigenvalue weighted by atomic mass is 19.1. The standard InChI is InChI=1S/C12H15FN2O2/c1-15-5-4-11(16)12(17)8-2-3-10(13)9(6-8)7-14/h2-3,6,11-12,15-17H,4-5H2,1H3. The summed E-state index contributed by atoms with van der Waals surface area (Å²) in [6.45, 7) is 0.560. The van der Waals surface area contributed by atoms with Crippen LogP contribution >= 0.6 is 0 Å². The van der Waals surface area contributed by atoms with Crippen LogP contribution in [0.3, 0.4) is 0 Å². The minimum Gasteiger partial charge on any atom is -0.390 e. The molecular formula is C12H15FN2O2. The van der Waals surface area contributed by atoms with Gasteiger partial charge >= 0.3 is 0 Å². The summed E-state index contributed by atoms with van der Waals surface area (Å²) in [5.41, 5.74) is 0.203. The van der Waals surface area contributed by atoms with Gasteiger partial charge < -0.3 is 15.5 Å². The summed E-state index contributed by atoms with van der Waals surface area (Å²) in [6.07, 6.45) is -1.69. The molecule has 1 aromatic rings. The summed E-state index contributed by atoms with van der Waals surface area (Å²) in [5.74, 6) is -0.631. The zero-order valence-electron chi connectivity index (χ0n) is 9.52. The Kier molecular flexibility index (Phi) is 5.04. The van der Waals surface area contributed by atoms with E-state index >= 15 is 0 Å². The van der Waals surface area contributed by atoms with Gasteiger partial charge in [0.1, 0.15) is 18.0 Å². The van der Waals surface area contributed by atoms with Crippen LogP contribution in [0.5, 0.6) is 0 Å². The molecule has 0 fully saturated rings. The average Bonchev–Trinajstić information content (AvgIpc) is 2.35. The van der Waals surface area contributed by atoms with E-state index in [1.165, 1.54) is 12.1 Å². The third kappa shape index (κ3) is 3.49. The molecule has 17 heavy (non-hydrogen) atoms. The van der Waals surface area contributed by atoms with E-state index in [1.807, 2.05) is 0 Å². The van der Waals surface area contributed by atoms with E-state index in [2.05, 4.69) is 5.32 Å². The zero-order valence-corrected chi connectivity index (χ0v) is 9.52. The number of aliphatic hydroxyl groups is 2. The highest BCUT2D eigenvalue weighted by Gasteiger charge is 2.18. The topological polar surface area (TPSA) is 76.3 Å². The molecule has 0 bridgehead atoms. The number of hydrogen-bond acceptors (Lipinski definition) is 4. The Hall–Kier alpha value is -1.48. The molecule has 0 radical (unpaired) electrons. The second kappa shape index (κ2) is 6.30. The van der Waals surface area contributed by atoms with E-state index in [0.29, 0.717) is 18.5 Å². The lowest BCUT2D eigenvalue weighted by Gasteiger charge is -2.18. The molecule has 0 saturated heterocycles. The quantitative estimate of drug-likeness (QED) is 0.705. The van der Waals surface area contributed by atoms with Crippen molar-refractivity contribution in [2.45, 2.75) is 18.6 Å². The van der Waals surface area contributed by atoms with Gasteiger partial charge in [-0.05, 0) is 37.7 Å². The lowest BCUT2D eigenvalue weighted by atomic mass is 10.00. The number of aliphatic hydroxyl groups excluding tert-OH is 2. The monoisotopic (exact) mass is 238 g/mol. The number of halogens is 1. The molecule has 0 heterocycles. The van der Waals surface area contributed by atoms with Gasteiger partial charge in [-0.1, -0.05) is 6.07 Å². The molecule has 0 amide bonds. The maximum Gasteiger partial charge on any atom is 0.140 e. The van der Waals surface area contributed by atoms with Crippen LogP contribution in [0.4, 0.5) is 4.39 Å². The Morgan fingerprint density at radius 2 is 2.18 bits per heavy atom. The second-order valence-electron chi connectivity index (χ2n) is 3.76. The number of rotatable bonds is 5. The van der Waals surface area contributed by atoms with Gasteiger partial charge in [0.05, 0.1) is 11.7 Å². The predicted molar refractivity (Wildman–Crippen MR) is 60.6 cm³/mol. The van der Waals surface area contributed by atoms with Crippen molar-refractivity contribution in [2.24, 2.45) is 0 Å². The highest BCUT2D eigenvalue weighted by Crippen LogP contribution is 2.21. The first-order valence-electron chi connectivity index (χ1n) is 5.30. The molecular weight excluding hydrogens is 223 g/mol.